The third-order valence-corrected chi connectivity index (χ3v) is 4.47. The molecule has 17 heavy (non-hydrogen) atoms. The molecule has 0 bridgehead atoms. The Balaban J connectivity index is 1.99. The number of hydroxylamine groups is 2. The fourth-order valence-corrected chi connectivity index (χ4v) is 3.18. The molecule has 7 heteroatoms. The molecule has 2 rings (SSSR count). The van der Waals surface area contributed by atoms with Gasteiger partial charge in [0.15, 0.2) is 0 Å². The van der Waals surface area contributed by atoms with E-state index in [1.807, 2.05) is 0 Å². The molecule has 0 saturated carbocycles. The normalized spacial score (nSPS) is 27.4. The van der Waals surface area contributed by atoms with Crippen LogP contribution in [0.2, 0.25) is 0 Å². The quantitative estimate of drug-likeness (QED) is 0.692. The molecule has 2 aliphatic heterocycles. The van der Waals surface area contributed by atoms with Crippen LogP contribution in [0.1, 0.15) is 19.3 Å². The molecule has 2 aliphatic rings. The molecule has 98 valence electrons. The Morgan fingerprint density at radius 2 is 2.06 bits per heavy atom. The summed E-state index contributed by atoms with van der Waals surface area (Å²) in [6.45, 7) is 2.00. The van der Waals surface area contributed by atoms with Gasteiger partial charge >= 0.3 is 0 Å². The van der Waals surface area contributed by atoms with Crippen molar-refractivity contribution in [1.82, 2.24) is 9.37 Å². The van der Waals surface area contributed by atoms with Crippen LogP contribution in [0.15, 0.2) is 0 Å². The summed E-state index contributed by atoms with van der Waals surface area (Å²) in [5, 5.41) is 1.39. The second kappa shape index (κ2) is 4.91. The van der Waals surface area contributed by atoms with Gasteiger partial charge in [0.25, 0.3) is 5.91 Å². The average Bonchev–Trinajstić information content (AvgIpc) is 2.80. The zero-order chi connectivity index (χ0) is 12.5. The molecule has 2 fully saturated rings. The van der Waals surface area contributed by atoms with E-state index in [-0.39, 0.29) is 18.4 Å². The van der Waals surface area contributed by atoms with Crippen molar-refractivity contribution in [3.63, 3.8) is 0 Å². The van der Waals surface area contributed by atoms with E-state index in [1.165, 1.54) is 15.6 Å². The summed E-state index contributed by atoms with van der Waals surface area (Å²) in [6, 6.07) is 0. The Labute approximate surface area is 102 Å². The van der Waals surface area contributed by atoms with E-state index in [1.54, 1.807) is 0 Å². The van der Waals surface area contributed by atoms with E-state index in [4.69, 9.17) is 4.84 Å². The SMILES string of the molecule is CS(=O)(=O)N1CCCC(C(=O)N2CCCO2)C1. The second-order valence-electron chi connectivity index (χ2n) is 4.59. The van der Waals surface area contributed by atoms with Crippen molar-refractivity contribution in [1.29, 1.82) is 0 Å². The lowest BCUT2D eigenvalue weighted by atomic mass is 9.99. The standard InChI is InChI=1S/C10H18N2O4S/c1-17(14,15)11-5-2-4-9(8-11)10(13)12-6-3-7-16-12/h9H,2-8H2,1H3. The van der Waals surface area contributed by atoms with Gasteiger partial charge in [-0.3, -0.25) is 9.63 Å². The lowest BCUT2D eigenvalue weighted by molar-refractivity contribution is -0.174. The maximum absolute atomic E-state index is 12.1. The summed E-state index contributed by atoms with van der Waals surface area (Å²) in [5.41, 5.74) is 0. The third-order valence-electron chi connectivity index (χ3n) is 3.20. The summed E-state index contributed by atoms with van der Waals surface area (Å²) in [6.07, 6.45) is 3.52. The Morgan fingerprint density at radius 3 is 2.65 bits per heavy atom. The Bertz CT molecular complexity index is 389. The Hall–Kier alpha value is -0.660. The van der Waals surface area contributed by atoms with E-state index >= 15 is 0 Å². The van der Waals surface area contributed by atoms with Gasteiger partial charge in [-0.25, -0.2) is 17.8 Å². The van der Waals surface area contributed by atoms with E-state index in [0.29, 0.717) is 19.7 Å². The molecular weight excluding hydrogens is 244 g/mol. The molecule has 1 unspecified atom stereocenters. The lowest BCUT2D eigenvalue weighted by Gasteiger charge is -2.31. The van der Waals surface area contributed by atoms with E-state index < -0.39 is 10.0 Å². The van der Waals surface area contributed by atoms with Gasteiger partial charge in [-0.05, 0) is 19.3 Å². The second-order valence-corrected chi connectivity index (χ2v) is 6.57. The van der Waals surface area contributed by atoms with Crippen LogP contribution in [-0.4, -0.2) is 56.2 Å². The van der Waals surface area contributed by atoms with Crippen molar-refractivity contribution in [2.45, 2.75) is 19.3 Å². The number of hydrogen-bond acceptors (Lipinski definition) is 4. The molecular formula is C10H18N2O4S. The first-order valence-corrected chi connectivity index (χ1v) is 7.73. The first kappa shape index (κ1) is 12.8. The number of rotatable bonds is 2. The van der Waals surface area contributed by atoms with Crippen molar-refractivity contribution >= 4 is 15.9 Å². The summed E-state index contributed by atoms with van der Waals surface area (Å²) < 4.78 is 24.3. The van der Waals surface area contributed by atoms with Crippen LogP contribution in [-0.2, 0) is 19.7 Å². The maximum atomic E-state index is 12.1. The molecule has 2 heterocycles. The zero-order valence-electron chi connectivity index (χ0n) is 9.96. The number of amides is 1. The molecule has 0 aromatic heterocycles. The molecule has 0 N–H and O–H groups in total. The van der Waals surface area contributed by atoms with Crippen molar-refractivity contribution in [3.05, 3.63) is 0 Å². The van der Waals surface area contributed by atoms with Gasteiger partial charge in [-0.2, -0.15) is 0 Å². The van der Waals surface area contributed by atoms with Gasteiger partial charge in [-0.1, -0.05) is 0 Å². The van der Waals surface area contributed by atoms with E-state index in [2.05, 4.69) is 0 Å². The van der Waals surface area contributed by atoms with Gasteiger partial charge in [0.05, 0.1) is 25.3 Å². The van der Waals surface area contributed by atoms with Gasteiger partial charge < -0.3 is 0 Å². The zero-order valence-corrected chi connectivity index (χ0v) is 10.8. The predicted octanol–water partition coefficient (Wildman–Crippen LogP) is -0.178. The fraction of sp³-hybridized carbons (Fsp3) is 0.900. The number of carbonyl (C=O) groups excluding carboxylic acids is 1. The summed E-state index contributed by atoms with van der Waals surface area (Å²) in [5.74, 6) is -0.326. The molecule has 6 nitrogen and oxygen atoms in total. The highest BCUT2D eigenvalue weighted by Gasteiger charge is 2.34. The highest BCUT2D eigenvalue weighted by molar-refractivity contribution is 7.88. The van der Waals surface area contributed by atoms with Gasteiger partial charge in [-0.15, -0.1) is 0 Å². The molecule has 0 radical (unpaired) electrons. The largest absolute Gasteiger partial charge is 0.272 e. The Kier molecular flexibility index (Phi) is 3.70. The van der Waals surface area contributed by atoms with Crippen LogP contribution in [0, 0.1) is 5.92 Å². The minimum Gasteiger partial charge on any atom is -0.272 e. The first-order valence-electron chi connectivity index (χ1n) is 5.88. The van der Waals surface area contributed by atoms with Crippen molar-refractivity contribution in [2.24, 2.45) is 5.92 Å². The number of hydrogen-bond donors (Lipinski definition) is 0. The number of sulfonamides is 1. The van der Waals surface area contributed by atoms with Crippen LogP contribution < -0.4 is 0 Å². The maximum Gasteiger partial charge on any atom is 0.250 e. The van der Waals surface area contributed by atoms with Crippen LogP contribution in [0.3, 0.4) is 0 Å². The smallest absolute Gasteiger partial charge is 0.250 e. The summed E-state index contributed by atoms with van der Waals surface area (Å²) in [7, 11) is -3.19. The van der Waals surface area contributed by atoms with Crippen LogP contribution in [0.4, 0.5) is 0 Å². The Morgan fingerprint density at radius 1 is 1.29 bits per heavy atom. The summed E-state index contributed by atoms with van der Waals surface area (Å²) in [4.78, 5) is 17.3. The molecule has 0 aromatic rings. The highest BCUT2D eigenvalue weighted by atomic mass is 32.2. The minimum atomic E-state index is -3.19. The highest BCUT2D eigenvalue weighted by Crippen LogP contribution is 2.22. The lowest BCUT2D eigenvalue weighted by Crippen LogP contribution is -2.45. The molecule has 1 amide bonds. The third kappa shape index (κ3) is 2.97. The monoisotopic (exact) mass is 262 g/mol. The molecule has 0 spiro atoms. The minimum absolute atomic E-state index is 0.0733. The molecule has 0 aliphatic carbocycles. The van der Waals surface area contributed by atoms with Crippen LogP contribution in [0.5, 0.6) is 0 Å². The molecule has 1 atom stereocenters. The fourth-order valence-electron chi connectivity index (χ4n) is 2.27. The van der Waals surface area contributed by atoms with Crippen molar-refractivity contribution in [2.75, 3.05) is 32.5 Å². The van der Waals surface area contributed by atoms with Gasteiger partial charge in [0, 0.05) is 13.1 Å². The molecule has 0 aromatic carbocycles. The average molecular weight is 262 g/mol. The predicted molar refractivity (Wildman–Crippen MR) is 61.4 cm³/mol. The van der Waals surface area contributed by atoms with E-state index in [9.17, 15) is 13.2 Å². The van der Waals surface area contributed by atoms with Crippen molar-refractivity contribution in [3.8, 4) is 0 Å². The topological polar surface area (TPSA) is 66.9 Å². The van der Waals surface area contributed by atoms with Gasteiger partial charge in [0.1, 0.15) is 0 Å². The van der Waals surface area contributed by atoms with E-state index in [0.717, 1.165) is 19.3 Å². The van der Waals surface area contributed by atoms with Crippen LogP contribution >= 0.6 is 0 Å². The summed E-state index contributed by atoms with van der Waals surface area (Å²) >= 11 is 0. The molecule has 2 saturated heterocycles. The number of nitrogens with zero attached hydrogens (tertiary/aromatic N) is 2. The van der Waals surface area contributed by atoms with Gasteiger partial charge in [0.2, 0.25) is 10.0 Å². The van der Waals surface area contributed by atoms with Crippen molar-refractivity contribution < 1.29 is 18.0 Å². The number of piperidine rings is 1. The number of carbonyl (C=O) groups is 1. The first-order chi connectivity index (χ1) is 7.98. The van der Waals surface area contributed by atoms with Crippen LogP contribution in [0.25, 0.3) is 0 Å².